The lowest BCUT2D eigenvalue weighted by Gasteiger charge is -2.29. The van der Waals surface area contributed by atoms with Crippen LogP contribution in [0.3, 0.4) is 0 Å². The van der Waals surface area contributed by atoms with Gasteiger partial charge in [0.2, 0.25) is 11.8 Å². The van der Waals surface area contributed by atoms with Crippen LogP contribution in [0, 0.1) is 0 Å². The van der Waals surface area contributed by atoms with Gasteiger partial charge >= 0.3 is 11.9 Å². The van der Waals surface area contributed by atoms with E-state index < -0.39 is 48.4 Å². The number of hydrogen-bond donors (Lipinski definition) is 8. The normalized spacial score (nSPS) is 19.4. The lowest BCUT2D eigenvalue weighted by molar-refractivity contribution is -0.165. The van der Waals surface area contributed by atoms with Gasteiger partial charge in [-0.05, 0) is 100 Å². The highest BCUT2D eigenvalue weighted by atomic mass is 16.6. The highest BCUT2D eigenvalue weighted by Crippen LogP contribution is 2.35. The molecule has 6 rings (SSSR count). The van der Waals surface area contributed by atoms with Crippen molar-refractivity contribution < 1.29 is 71.5 Å². The molecule has 2 fully saturated rings. The molecule has 2 amide bonds. The minimum Gasteiger partial charge on any atom is -0.486 e. The Morgan fingerprint density at radius 3 is 1.22 bits per heavy atom. The quantitative estimate of drug-likeness (QED) is 0.0626. The van der Waals surface area contributed by atoms with Gasteiger partial charge in [-0.1, -0.05) is 77.3 Å². The lowest BCUT2D eigenvalue weighted by Crippen LogP contribution is -2.46. The molecule has 18 nitrogen and oxygen atoms in total. The topological polar surface area (TPSA) is 257 Å². The Labute approximate surface area is 404 Å². The highest BCUT2D eigenvalue weighted by molar-refractivity contribution is 5.83. The van der Waals surface area contributed by atoms with Crippen molar-refractivity contribution in [3.05, 3.63) is 47.5 Å². The average Bonchev–Trinajstić information content (AvgIpc) is 4.08. The molecule has 0 saturated carbocycles. The van der Waals surface area contributed by atoms with Crippen LogP contribution in [0.2, 0.25) is 0 Å². The van der Waals surface area contributed by atoms with Crippen molar-refractivity contribution in [2.24, 2.45) is 0 Å². The average molecular weight is 961 g/mol. The van der Waals surface area contributed by atoms with E-state index in [1.54, 1.807) is 36.4 Å². The van der Waals surface area contributed by atoms with Crippen LogP contribution in [0.5, 0.6) is 23.0 Å². The van der Waals surface area contributed by atoms with Gasteiger partial charge in [0.05, 0.1) is 14.8 Å². The van der Waals surface area contributed by atoms with E-state index in [1.165, 1.54) is 25.7 Å². The van der Waals surface area contributed by atoms with E-state index in [2.05, 4.69) is 34.3 Å². The first-order valence-electron chi connectivity index (χ1n) is 25.6. The van der Waals surface area contributed by atoms with Gasteiger partial charge in [0.15, 0.2) is 35.2 Å². The zero-order valence-electron chi connectivity index (χ0n) is 42.0. The second kappa shape index (κ2) is 30.7. The molecule has 0 aromatic heterocycles. The molecule has 4 aliphatic heterocycles. The number of aliphatic carboxylic acids is 2. The third kappa shape index (κ3) is 19.3. The van der Waals surface area contributed by atoms with Crippen LogP contribution in [0.4, 0.5) is 0 Å². The van der Waals surface area contributed by atoms with E-state index in [9.17, 15) is 29.4 Å². The fraction of sp³-hybridized carbons (Fsp3) is 0.680. The molecule has 4 aliphatic rings. The van der Waals surface area contributed by atoms with Crippen molar-refractivity contribution in [3.63, 3.8) is 0 Å². The van der Waals surface area contributed by atoms with Crippen LogP contribution in [-0.2, 0) is 19.2 Å². The van der Waals surface area contributed by atoms with E-state index in [0.717, 1.165) is 90.4 Å². The summed E-state index contributed by atoms with van der Waals surface area (Å²) in [5, 5.41) is 60.9. The van der Waals surface area contributed by atoms with Crippen molar-refractivity contribution in [3.8, 4) is 23.0 Å². The zero-order valence-corrected chi connectivity index (χ0v) is 40.0. The number of aliphatic hydroxyl groups excluding tert-OH is 2. The van der Waals surface area contributed by atoms with Gasteiger partial charge in [-0.3, -0.25) is 9.59 Å². The molecular weight excluding hydrogens is 881 g/mol. The summed E-state index contributed by atoms with van der Waals surface area (Å²) in [5.41, 5.74) is 0.804. The third-order valence-electron chi connectivity index (χ3n) is 12.1. The highest BCUT2D eigenvalue weighted by Gasteiger charge is 2.31. The number of nitrogens with zero attached hydrogens (tertiary/aromatic N) is 2. The Bertz CT molecular complexity index is 1800. The second-order valence-electron chi connectivity index (χ2n) is 17.6. The Balaban J connectivity index is 0.000000255. The number of likely N-dealkylation sites (tertiary alicyclic amines) is 2. The standard InChI is InChI=1S/2C23H36N2O4.C4H6O6/c2*1-2-3-4-5-6-9-22(26)24-19(17-25-12-7-8-13-25)23(27)18-10-11-20-21(16-18)29-15-14-28-20;5-1(3(7)8)2(6)4(9)10/h2*10-11,16,19,23,27H,2-9,12-15,17H2,1H3,(H,24,26);1-2,5-6H,(H,7,8)(H,9,10)/t2*19-,23-;1-,2-/m111/s1/i2*23D;. The molecule has 8 N–H and O–H groups in total. The van der Waals surface area contributed by atoms with Crippen molar-refractivity contribution in [1.29, 1.82) is 0 Å². The van der Waals surface area contributed by atoms with Gasteiger partial charge in [0.25, 0.3) is 0 Å². The summed E-state index contributed by atoms with van der Waals surface area (Å²) in [5.74, 6) is -1.43. The number of hydrogen-bond acceptors (Lipinski definition) is 14. The number of carboxylic acid groups (broad SMARTS) is 2. The van der Waals surface area contributed by atoms with Crippen molar-refractivity contribution >= 4 is 23.8 Å². The van der Waals surface area contributed by atoms with E-state index in [1.807, 2.05) is 0 Å². The summed E-state index contributed by atoms with van der Waals surface area (Å²) in [6.45, 7) is 10.8. The predicted octanol–water partition coefficient (Wildman–Crippen LogP) is 4.74. The number of carbonyl (C=O) groups is 4. The van der Waals surface area contributed by atoms with Crippen LogP contribution in [-0.4, -0.2) is 154 Å². The Morgan fingerprint density at radius 1 is 0.544 bits per heavy atom. The maximum Gasteiger partial charge on any atom is 0.335 e. The summed E-state index contributed by atoms with van der Waals surface area (Å²) in [6.07, 6.45) is 7.58. The Morgan fingerprint density at radius 2 is 0.882 bits per heavy atom. The Kier molecular flexibility index (Phi) is 23.8. The first-order valence-corrected chi connectivity index (χ1v) is 24.6. The number of nitrogens with one attached hydrogen (secondary N) is 2. The number of carboxylic acids is 2. The van der Waals surface area contributed by atoms with Crippen LogP contribution in [0.25, 0.3) is 0 Å². The largest absolute Gasteiger partial charge is 0.486 e. The first kappa shape index (κ1) is 52.6. The first-order chi connectivity index (χ1) is 33.5. The molecule has 0 radical (unpaired) electrons. The van der Waals surface area contributed by atoms with Crippen molar-refractivity contribution in [2.75, 3.05) is 65.7 Å². The number of rotatable bonds is 25. The molecule has 0 bridgehead atoms. The van der Waals surface area contributed by atoms with Crippen LogP contribution < -0.4 is 29.6 Å². The van der Waals surface area contributed by atoms with E-state index in [4.69, 9.17) is 42.1 Å². The number of carbonyl (C=O) groups excluding carboxylic acids is 2. The molecule has 0 spiro atoms. The summed E-state index contributed by atoms with van der Waals surface area (Å²) >= 11 is 0. The second-order valence-corrected chi connectivity index (χ2v) is 17.6. The minimum atomic E-state index is -2.27. The third-order valence-corrected chi connectivity index (χ3v) is 12.1. The molecule has 2 aromatic carbocycles. The van der Waals surface area contributed by atoms with E-state index in [0.29, 0.717) is 86.5 Å². The van der Waals surface area contributed by atoms with Crippen LogP contribution in [0.1, 0.15) is 143 Å². The number of benzene rings is 2. The van der Waals surface area contributed by atoms with E-state index >= 15 is 0 Å². The lowest BCUT2D eigenvalue weighted by atomic mass is 10.0. The molecule has 382 valence electrons. The fourth-order valence-electron chi connectivity index (χ4n) is 8.24. The summed E-state index contributed by atoms with van der Waals surface area (Å²) in [4.78, 5) is 49.2. The monoisotopic (exact) mass is 961 g/mol. The van der Waals surface area contributed by atoms with Gasteiger partial charge in [-0.15, -0.1) is 0 Å². The minimum absolute atomic E-state index is 0.0982. The number of fused-ring (bicyclic) bond motifs is 2. The summed E-state index contributed by atoms with van der Waals surface area (Å²) in [7, 11) is 0. The molecule has 0 unspecified atom stereocenters. The molecule has 18 heteroatoms. The zero-order chi connectivity index (χ0) is 51.1. The van der Waals surface area contributed by atoms with Crippen molar-refractivity contribution in [2.45, 2.75) is 153 Å². The summed E-state index contributed by atoms with van der Waals surface area (Å²) < 4.78 is 39.9. The van der Waals surface area contributed by atoms with Gasteiger partial charge < -0.3 is 70.0 Å². The fourth-order valence-corrected chi connectivity index (χ4v) is 8.24. The number of unbranched alkanes of at least 4 members (excludes halogenated alkanes) is 8. The molecule has 6 atom stereocenters. The predicted molar refractivity (Wildman–Crippen MR) is 254 cm³/mol. The SMILES string of the molecule is O=C(O)[C@H](O)[C@@H](O)C(=O)O.[2H][C@@](O)(c1ccc2c(c1)OCCO2)[C@@H](CN1CCCC1)NC(=O)CCCCCCC.[2H][C@@](O)(c1ccc2c(c1)OCCO2)[C@@H](CN1CCCC1)NC(=O)CCCCCCC. The Hall–Kier alpha value is -4.72. The number of ether oxygens (including phenoxy) is 4. The molecule has 2 aromatic rings. The van der Waals surface area contributed by atoms with Gasteiger partial charge in [0, 0.05) is 25.9 Å². The molecule has 68 heavy (non-hydrogen) atoms. The molecular formula is C50H78N4O14. The van der Waals surface area contributed by atoms with Crippen LogP contribution in [0.15, 0.2) is 36.4 Å². The molecule has 2 saturated heterocycles. The molecule has 0 aliphatic carbocycles. The smallest absolute Gasteiger partial charge is 0.335 e. The van der Waals surface area contributed by atoms with Crippen LogP contribution >= 0.6 is 0 Å². The number of aliphatic hydroxyl groups is 4. The van der Waals surface area contributed by atoms with Gasteiger partial charge in [-0.25, -0.2) is 9.59 Å². The van der Waals surface area contributed by atoms with Gasteiger partial charge in [-0.2, -0.15) is 0 Å². The molecule has 4 heterocycles. The maximum absolute atomic E-state index is 12.6. The summed E-state index contributed by atoms with van der Waals surface area (Å²) in [6, 6.07) is 8.72. The maximum atomic E-state index is 12.6. The van der Waals surface area contributed by atoms with Crippen molar-refractivity contribution in [1.82, 2.24) is 20.4 Å². The van der Waals surface area contributed by atoms with Gasteiger partial charge in [0.1, 0.15) is 38.6 Å². The number of amides is 2. The van der Waals surface area contributed by atoms with E-state index in [-0.39, 0.29) is 11.8 Å².